The lowest BCUT2D eigenvalue weighted by molar-refractivity contribution is -0.117. The monoisotopic (exact) mass is 204 g/mol. The maximum absolute atomic E-state index is 10.5. The summed E-state index contributed by atoms with van der Waals surface area (Å²) in [5, 5.41) is 3.11. The lowest BCUT2D eigenvalue weighted by atomic mass is 10.1. The molecule has 0 radical (unpaired) electrons. The van der Waals surface area contributed by atoms with Crippen molar-refractivity contribution in [3.05, 3.63) is 42.5 Å². The van der Waals surface area contributed by atoms with Crippen molar-refractivity contribution in [3.8, 4) is 0 Å². The Morgan fingerprint density at radius 2 is 2.00 bits per heavy atom. The Morgan fingerprint density at radius 3 is 2.60 bits per heavy atom. The number of nitrogens with two attached hydrogens (primary N) is 1. The van der Waals surface area contributed by atoms with E-state index in [-0.39, 0.29) is 5.91 Å². The number of rotatable bonds is 6. The summed E-state index contributed by atoms with van der Waals surface area (Å²) in [7, 11) is 0. The highest BCUT2D eigenvalue weighted by Gasteiger charge is 1.98. The molecule has 0 spiro atoms. The predicted octanol–water partition coefficient (Wildman–Crippen LogP) is 1.16. The van der Waals surface area contributed by atoms with Crippen LogP contribution in [0.1, 0.15) is 12.0 Å². The van der Waals surface area contributed by atoms with Crippen molar-refractivity contribution in [3.63, 3.8) is 0 Å². The standard InChI is InChI=1S/C12H16N2O/c1-10(9-14-8-7-12(13)15)11-5-3-2-4-6-11/h2-6,14H,1,7-9H2,(H2,13,15). The van der Waals surface area contributed by atoms with E-state index in [1.165, 1.54) is 0 Å². The first-order chi connectivity index (χ1) is 7.20. The smallest absolute Gasteiger partial charge is 0.218 e. The quantitative estimate of drug-likeness (QED) is 0.683. The molecule has 0 bridgehead atoms. The summed E-state index contributed by atoms with van der Waals surface area (Å²) in [6, 6.07) is 9.95. The van der Waals surface area contributed by atoms with Gasteiger partial charge in [-0.15, -0.1) is 0 Å². The Kier molecular flexibility index (Phi) is 4.57. The van der Waals surface area contributed by atoms with Gasteiger partial charge in [0.25, 0.3) is 0 Å². The summed E-state index contributed by atoms with van der Waals surface area (Å²) >= 11 is 0. The Bertz CT molecular complexity index is 333. The summed E-state index contributed by atoms with van der Waals surface area (Å²) in [6.45, 7) is 5.24. The fourth-order valence-corrected chi connectivity index (χ4v) is 1.23. The zero-order valence-electron chi connectivity index (χ0n) is 8.70. The Hall–Kier alpha value is -1.61. The molecule has 80 valence electrons. The van der Waals surface area contributed by atoms with Gasteiger partial charge in [-0.3, -0.25) is 4.79 Å². The first kappa shape index (κ1) is 11.5. The van der Waals surface area contributed by atoms with Crippen molar-refractivity contribution in [2.45, 2.75) is 6.42 Å². The van der Waals surface area contributed by atoms with Crippen LogP contribution in [0.2, 0.25) is 0 Å². The molecule has 0 heterocycles. The fraction of sp³-hybridized carbons (Fsp3) is 0.250. The number of amides is 1. The van der Waals surface area contributed by atoms with Crippen LogP contribution in [0.25, 0.3) is 5.57 Å². The lowest BCUT2D eigenvalue weighted by Crippen LogP contribution is -2.23. The van der Waals surface area contributed by atoms with Crippen LogP contribution in [0.5, 0.6) is 0 Å². The van der Waals surface area contributed by atoms with E-state index in [1.54, 1.807) is 0 Å². The zero-order chi connectivity index (χ0) is 11.1. The van der Waals surface area contributed by atoms with Crippen LogP contribution >= 0.6 is 0 Å². The molecule has 0 aliphatic heterocycles. The van der Waals surface area contributed by atoms with E-state index in [2.05, 4.69) is 11.9 Å². The number of primary amides is 1. The zero-order valence-corrected chi connectivity index (χ0v) is 8.70. The van der Waals surface area contributed by atoms with E-state index >= 15 is 0 Å². The summed E-state index contributed by atoms with van der Waals surface area (Å²) in [5.41, 5.74) is 7.15. The van der Waals surface area contributed by atoms with Crippen LogP contribution in [0, 0.1) is 0 Å². The summed E-state index contributed by atoms with van der Waals surface area (Å²) in [4.78, 5) is 10.5. The highest BCUT2D eigenvalue weighted by molar-refractivity contribution is 5.74. The molecule has 1 aromatic carbocycles. The van der Waals surface area contributed by atoms with Gasteiger partial charge >= 0.3 is 0 Å². The van der Waals surface area contributed by atoms with Crippen LogP contribution in [0.4, 0.5) is 0 Å². The number of carbonyl (C=O) groups is 1. The molecule has 0 saturated carbocycles. The molecule has 1 amide bonds. The van der Waals surface area contributed by atoms with Crippen LogP contribution in [-0.2, 0) is 4.79 Å². The molecule has 0 atom stereocenters. The second-order valence-electron chi connectivity index (χ2n) is 3.36. The van der Waals surface area contributed by atoms with Crippen LogP contribution in [0.3, 0.4) is 0 Å². The van der Waals surface area contributed by atoms with Crippen molar-refractivity contribution in [2.24, 2.45) is 5.73 Å². The normalized spacial score (nSPS) is 9.87. The van der Waals surface area contributed by atoms with Gasteiger partial charge in [0.05, 0.1) is 0 Å². The Morgan fingerprint density at radius 1 is 1.33 bits per heavy atom. The van der Waals surface area contributed by atoms with E-state index in [4.69, 9.17) is 5.73 Å². The van der Waals surface area contributed by atoms with Gasteiger partial charge in [0.2, 0.25) is 5.91 Å². The van der Waals surface area contributed by atoms with Crippen molar-refractivity contribution >= 4 is 11.5 Å². The number of nitrogens with one attached hydrogen (secondary N) is 1. The van der Waals surface area contributed by atoms with Gasteiger partial charge in [-0.25, -0.2) is 0 Å². The average Bonchev–Trinajstić information content (AvgIpc) is 2.25. The first-order valence-electron chi connectivity index (χ1n) is 4.92. The number of benzene rings is 1. The third-order valence-corrected chi connectivity index (χ3v) is 2.07. The molecule has 3 N–H and O–H groups in total. The minimum absolute atomic E-state index is 0.284. The van der Waals surface area contributed by atoms with E-state index in [0.29, 0.717) is 19.5 Å². The van der Waals surface area contributed by atoms with E-state index in [9.17, 15) is 4.79 Å². The number of carbonyl (C=O) groups excluding carboxylic acids is 1. The summed E-state index contributed by atoms with van der Waals surface area (Å²) in [5.74, 6) is -0.284. The molecule has 0 unspecified atom stereocenters. The maximum Gasteiger partial charge on any atom is 0.218 e. The molecule has 0 fully saturated rings. The van der Waals surface area contributed by atoms with E-state index in [1.807, 2.05) is 30.3 Å². The van der Waals surface area contributed by atoms with Crippen molar-refractivity contribution in [2.75, 3.05) is 13.1 Å². The lowest BCUT2D eigenvalue weighted by Gasteiger charge is -2.06. The molecule has 0 aromatic heterocycles. The van der Waals surface area contributed by atoms with Gasteiger partial charge < -0.3 is 11.1 Å². The summed E-state index contributed by atoms with van der Waals surface area (Å²) in [6.07, 6.45) is 0.363. The maximum atomic E-state index is 10.5. The van der Waals surface area contributed by atoms with Gasteiger partial charge in [0, 0.05) is 19.5 Å². The summed E-state index contributed by atoms with van der Waals surface area (Å²) < 4.78 is 0. The predicted molar refractivity (Wildman–Crippen MR) is 62.2 cm³/mol. The minimum Gasteiger partial charge on any atom is -0.370 e. The van der Waals surface area contributed by atoms with Crippen molar-refractivity contribution in [1.29, 1.82) is 0 Å². The number of hydrogen-bond acceptors (Lipinski definition) is 2. The fourth-order valence-electron chi connectivity index (χ4n) is 1.23. The molecule has 0 aliphatic carbocycles. The average molecular weight is 204 g/mol. The Balaban J connectivity index is 2.28. The van der Waals surface area contributed by atoms with Crippen LogP contribution < -0.4 is 11.1 Å². The van der Waals surface area contributed by atoms with Crippen molar-refractivity contribution in [1.82, 2.24) is 5.32 Å². The van der Waals surface area contributed by atoms with Crippen LogP contribution in [0.15, 0.2) is 36.9 Å². The minimum atomic E-state index is -0.284. The van der Waals surface area contributed by atoms with Crippen LogP contribution in [-0.4, -0.2) is 19.0 Å². The topological polar surface area (TPSA) is 55.1 Å². The molecule has 0 aliphatic rings. The van der Waals surface area contributed by atoms with E-state index < -0.39 is 0 Å². The second kappa shape index (κ2) is 5.98. The van der Waals surface area contributed by atoms with E-state index in [0.717, 1.165) is 11.1 Å². The molecule has 3 nitrogen and oxygen atoms in total. The molecular weight excluding hydrogens is 188 g/mol. The third kappa shape index (κ3) is 4.42. The van der Waals surface area contributed by atoms with Gasteiger partial charge in [0.1, 0.15) is 0 Å². The second-order valence-corrected chi connectivity index (χ2v) is 3.36. The third-order valence-electron chi connectivity index (χ3n) is 2.07. The van der Waals surface area contributed by atoms with Gasteiger partial charge in [-0.2, -0.15) is 0 Å². The van der Waals surface area contributed by atoms with Gasteiger partial charge in [-0.1, -0.05) is 36.9 Å². The van der Waals surface area contributed by atoms with Gasteiger partial charge in [0.15, 0.2) is 0 Å². The molecule has 15 heavy (non-hydrogen) atoms. The highest BCUT2D eigenvalue weighted by Crippen LogP contribution is 2.09. The van der Waals surface area contributed by atoms with Crippen molar-refractivity contribution < 1.29 is 4.79 Å². The van der Waals surface area contributed by atoms with Gasteiger partial charge in [-0.05, 0) is 11.1 Å². The molecular formula is C12H16N2O. The molecule has 0 saturated heterocycles. The molecule has 1 aromatic rings. The molecule has 1 rings (SSSR count). The first-order valence-corrected chi connectivity index (χ1v) is 4.92. The largest absolute Gasteiger partial charge is 0.370 e. The highest BCUT2D eigenvalue weighted by atomic mass is 16.1. The molecule has 3 heteroatoms. The Labute approximate surface area is 90.0 Å². The number of hydrogen-bond donors (Lipinski definition) is 2. The SMILES string of the molecule is C=C(CNCCC(N)=O)c1ccccc1.